The number of carbonyl (C=O) groups excluding carboxylic acids is 1. The van der Waals surface area contributed by atoms with Gasteiger partial charge in [-0.25, -0.2) is 0 Å². The molecule has 1 aromatic carbocycles. The molecule has 0 aliphatic carbocycles. The number of hydrogen-bond donors (Lipinski definition) is 0. The Balaban J connectivity index is 2.29. The summed E-state index contributed by atoms with van der Waals surface area (Å²) in [5, 5.41) is 0. The Hall–Kier alpha value is -2.03. The van der Waals surface area contributed by atoms with Crippen molar-refractivity contribution in [3.8, 4) is 11.1 Å². The summed E-state index contributed by atoms with van der Waals surface area (Å²) in [5.41, 5.74) is 4.82. The molecular formula is C16H19NO2. The summed E-state index contributed by atoms with van der Waals surface area (Å²) in [6.45, 7) is 3.95. The van der Waals surface area contributed by atoms with Gasteiger partial charge in [-0.15, -0.1) is 0 Å². The average Bonchev–Trinajstić information content (AvgIpc) is 2.68. The Bertz CT molecular complexity index is 570. The molecule has 0 N–H and O–H groups in total. The fourth-order valence-electron chi connectivity index (χ4n) is 2.24. The maximum absolute atomic E-state index is 10.8. The van der Waals surface area contributed by atoms with Crippen LogP contribution >= 0.6 is 0 Å². The zero-order valence-corrected chi connectivity index (χ0v) is 11.6. The van der Waals surface area contributed by atoms with Gasteiger partial charge in [0.1, 0.15) is 0 Å². The highest BCUT2D eigenvalue weighted by atomic mass is 16.5. The van der Waals surface area contributed by atoms with Crippen molar-refractivity contribution in [1.82, 2.24) is 4.57 Å². The van der Waals surface area contributed by atoms with E-state index in [1.807, 2.05) is 25.2 Å². The first-order chi connectivity index (χ1) is 9.09. The van der Waals surface area contributed by atoms with Crippen molar-refractivity contribution < 1.29 is 9.53 Å². The molecule has 0 amide bonds. The third-order valence-corrected chi connectivity index (χ3v) is 3.33. The van der Waals surface area contributed by atoms with E-state index < -0.39 is 0 Å². The van der Waals surface area contributed by atoms with E-state index in [0.717, 1.165) is 6.42 Å². The second-order valence-corrected chi connectivity index (χ2v) is 4.66. The first-order valence-electron chi connectivity index (χ1n) is 6.43. The fraction of sp³-hybridized carbons (Fsp3) is 0.312. The number of aryl methyl sites for hydroxylation is 1. The van der Waals surface area contributed by atoms with Crippen molar-refractivity contribution in [2.75, 3.05) is 6.61 Å². The third-order valence-electron chi connectivity index (χ3n) is 3.33. The molecule has 0 aliphatic rings. The van der Waals surface area contributed by atoms with E-state index in [9.17, 15) is 4.79 Å². The molecule has 0 saturated carbocycles. The van der Waals surface area contributed by atoms with Gasteiger partial charge in [0.25, 0.3) is 0 Å². The Kier molecular flexibility index (Phi) is 4.05. The lowest BCUT2D eigenvalue weighted by Crippen LogP contribution is -2.07. The van der Waals surface area contributed by atoms with Crippen LogP contribution in [0.5, 0.6) is 0 Å². The second-order valence-electron chi connectivity index (χ2n) is 4.66. The van der Waals surface area contributed by atoms with Crippen molar-refractivity contribution in [1.29, 1.82) is 0 Å². The Morgan fingerprint density at radius 1 is 1.26 bits per heavy atom. The molecule has 0 fully saturated rings. The second kappa shape index (κ2) is 5.74. The van der Waals surface area contributed by atoms with E-state index in [0.29, 0.717) is 6.61 Å². The van der Waals surface area contributed by atoms with Crippen LogP contribution in [0, 0.1) is 6.92 Å². The van der Waals surface area contributed by atoms with Crippen LogP contribution < -0.4 is 0 Å². The molecule has 0 atom stereocenters. The van der Waals surface area contributed by atoms with Gasteiger partial charge in [-0.05, 0) is 18.6 Å². The van der Waals surface area contributed by atoms with Gasteiger partial charge in [0, 0.05) is 37.3 Å². The normalized spacial score (nSPS) is 10.5. The van der Waals surface area contributed by atoms with Crippen molar-refractivity contribution in [2.45, 2.75) is 20.3 Å². The lowest BCUT2D eigenvalue weighted by molar-refractivity contribution is -0.140. The molecule has 2 aromatic rings. The number of ether oxygens (including phenoxy) is 1. The Labute approximate surface area is 113 Å². The molecule has 100 valence electrons. The molecule has 3 heteroatoms. The van der Waals surface area contributed by atoms with Crippen LogP contribution in [0.4, 0.5) is 0 Å². The van der Waals surface area contributed by atoms with E-state index >= 15 is 0 Å². The molecule has 19 heavy (non-hydrogen) atoms. The predicted octanol–water partition coefficient (Wildman–Crippen LogP) is 3.11. The standard InChI is InChI=1S/C16H19NO2/c1-12-11-15(14-7-5-4-6-8-14)16(17(12)3)9-10-19-13(2)18/h4-8,11H,9-10H2,1-3H3. The molecule has 1 aromatic heterocycles. The quantitative estimate of drug-likeness (QED) is 0.788. The summed E-state index contributed by atoms with van der Waals surface area (Å²) in [6.07, 6.45) is 0.730. The van der Waals surface area contributed by atoms with Crippen molar-refractivity contribution in [3.63, 3.8) is 0 Å². The van der Waals surface area contributed by atoms with Gasteiger partial charge < -0.3 is 9.30 Å². The maximum Gasteiger partial charge on any atom is 0.302 e. The van der Waals surface area contributed by atoms with Gasteiger partial charge in [0.15, 0.2) is 0 Å². The molecule has 1 heterocycles. The molecule has 3 nitrogen and oxygen atoms in total. The Morgan fingerprint density at radius 2 is 1.95 bits per heavy atom. The van der Waals surface area contributed by atoms with E-state index in [2.05, 4.69) is 29.7 Å². The molecule has 0 bridgehead atoms. The zero-order chi connectivity index (χ0) is 13.8. The molecule has 0 aliphatic heterocycles. The van der Waals surface area contributed by atoms with Crippen molar-refractivity contribution in [2.24, 2.45) is 7.05 Å². The number of benzene rings is 1. The monoisotopic (exact) mass is 257 g/mol. The predicted molar refractivity (Wildman–Crippen MR) is 75.9 cm³/mol. The summed E-state index contributed by atoms with van der Waals surface area (Å²) < 4.78 is 7.21. The fourth-order valence-corrected chi connectivity index (χ4v) is 2.24. The highest BCUT2D eigenvalue weighted by Gasteiger charge is 2.12. The summed E-state index contributed by atoms with van der Waals surface area (Å²) in [4.78, 5) is 10.8. The third kappa shape index (κ3) is 3.05. The van der Waals surface area contributed by atoms with Gasteiger partial charge in [-0.3, -0.25) is 4.79 Å². The van der Waals surface area contributed by atoms with Gasteiger partial charge in [-0.2, -0.15) is 0 Å². The van der Waals surface area contributed by atoms with E-state index in [1.54, 1.807) is 0 Å². The number of nitrogens with zero attached hydrogens (tertiary/aromatic N) is 1. The largest absolute Gasteiger partial charge is 0.465 e. The first kappa shape index (κ1) is 13.4. The van der Waals surface area contributed by atoms with E-state index in [1.165, 1.54) is 29.4 Å². The van der Waals surface area contributed by atoms with Gasteiger partial charge in [0.2, 0.25) is 0 Å². The van der Waals surface area contributed by atoms with Crippen LogP contribution in [-0.2, 0) is 23.0 Å². The minimum absolute atomic E-state index is 0.229. The zero-order valence-electron chi connectivity index (χ0n) is 11.6. The summed E-state index contributed by atoms with van der Waals surface area (Å²) in [5.74, 6) is -0.229. The molecule has 0 spiro atoms. The van der Waals surface area contributed by atoms with Gasteiger partial charge in [0.05, 0.1) is 6.61 Å². The molecule has 2 rings (SSSR count). The van der Waals surface area contributed by atoms with Crippen LogP contribution in [0.15, 0.2) is 36.4 Å². The topological polar surface area (TPSA) is 31.2 Å². The van der Waals surface area contributed by atoms with Crippen LogP contribution in [0.2, 0.25) is 0 Å². The lowest BCUT2D eigenvalue weighted by atomic mass is 10.0. The average molecular weight is 257 g/mol. The number of rotatable bonds is 4. The number of aromatic nitrogens is 1. The highest BCUT2D eigenvalue weighted by Crippen LogP contribution is 2.27. The van der Waals surface area contributed by atoms with Gasteiger partial charge >= 0.3 is 5.97 Å². The lowest BCUT2D eigenvalue weighted by Gasteiger charge is -2.09. The summed E-state index contributed by atoms with van der Waals surface area (Å²) >= 11 is 0. The number of hydrogen-bond acceptors (Lipinski definition) is 2. The van der Waals surface area contributed by atoms with Crippen LogP contribution in [-0.4, -0.2) is 17.1 Å². The molecule has 0 saturated heterocycles. The summed E-state index contributed by atoms with van der Waals surface area (Å²) in [6, 6.07) is 12.5. The smallest absolute Gasteiger partial charge is 0.302 e. The van der Waals surface area contributed by atoms with E-state index in [4.69, 9.17) is 4.74 Å². The molecular weight excluding hydrogens is 238 g/mol. The highest BCUT2D eigenvalue weighted by molar-refractivity contribution is 5.68. The van der Waals surface area contributed by atoms with E-state index in [-0.39, 0.29) is 5.97 Å². The van der Waals surface area contributed by atoms with Crippen LogP contribution in [0.25, 0.3) is 11.1 Å². The molecule has 0 radical (unpaired) electrons. The first-order valence-corrected chi connectivity index (χ1v) is 6.43. The van der Waals surface area contributed by atoms with Gasteiger partial charge in [-0.1, -0.05) is 30.3 Å². The SMILES string of the molecule is CC(=O)OCCc1c(-c2ccccc2)cc(C)n1C. The molecule has 0 unspecified atom stereocenters. The Morgan fingerprint density at radius 3 is 2.58 bits per heavy atom. The summed E-state index contributed by atoms with van der Waals surface area (Å²) in [7, 11) is 2.05. The maximum atomic E-state index is 10.8. The number of carbonyl (C=O) groups is 1. The minimum Gasteiger partial charge on any atom is -0.465 e. The van der Waals surface area contributed by atoms with Crippen molar-refractivity contribution in [3.05, 3.63) is 47.8 Å². The minimum atomic E-state index is -0.229. The van der Waals surface area contributed by atoms with Crippen LogP contribution in [0.1, 0.15) is 18.3 Å². The van der Waals surface area contributed by atoms with Crippen molar-refractivity contribution >= 4 is 5.97 Å². The number of esters is 1. The van der Waals surface area contributed by atoms with Crippen LogP contribution in [0.3, 0.4) is 0 Å².